The van der Waals surface area contributed by atoms with Gasteiger partial charge in [-0.1, -0.05) is 92.6 Å². The number of carboxylic acid groups (broad SMARTS) is 1. The molecule has 1 heterocycles. The fraction of sp³-hybridized carbons (Fsp3) is 0.429. The van der Waals surface area contributed by atoms with E-state index in [2.05, 4.69) is 0 Å². The standard InChI is InChI=1S/C28H34F2N2O4/c1-21(26(34)35)11-5-4-10-18-32-24(20-31(27(32)36)19-22-12-6-2-7-13-22)16-17-25(33)28(29,30)23-14-8-3-9-15-23/h2-3,6-9,12-17,21,24-25,33H,4-5,10-11,18-20H2,1H3,(H,34,35)/b17-16+/t21?,24-,25?/m0/s1. The van der Waals surface area contributed by atoms with Crippen LogP contribution in [-0.2, 0) is 17.3 Å². The third kappa shape index (κ3) is 7.13. The van der Waals surface area contributed by atoms with Crippen LogP contribution < -0.4 is 0 Å². The van der Waals surface area contributed by atoms with Gasteiger partial charge in [0.1, 0.15) is 6.10 Å². The molecule has 1 aliphatic heterocycles. The van der Waals surface area contributed by atoms with Crippen LogP contribution in [0.2, 0.25) is 0 Å². The Labute approximate surface area is 210 Å². The predicted octanol–water partition coefficient (Wildman–Crippen LogP) is 5.28. The molecule has 2 aromatic carbocycles. The second-order valence-electron chi connectivity index (χ2n) is 9.32. The Bertz CT molecular complexity index is 1020. The van der Waals surface area contributed by atoms with E-state index in [1.54, 1.807) is 22.8 Å². The molecule has 1 saturated heterocycles. The number of rotatable bonds is 13. The number of amides is 2. The monoisotopic (exact) mass is 500 g/mol. The molecule has 3 rings (SSSR count). The molecule has 2 amide bonds. The number of benzene rings is 2. The summed E-state index contributed by atoms with van der Waals surface area (Å²) in [6, 6.07) is 16.1. The summed E-state index contributed by atoms with van der Waals surface area (Å²) in [5.74, 6) is -4.70. The highest BCUT2D eigenvalue weighted by Crippen LogP contribution is 2.32. The van der Waals surface area contributed by atoms with Crippen LogP contribution >= 0.6 is 0 Å². The van der Waals surface area contributed by atoms with Gasteiger partial charge in [0.2, 0.25) is 0 Å². The first-order valence-corrected chi connectivity index (χ1v) is 12.3. The molecular formula is C28H34F2N2O4. The quantitative estimate of drug-likeness (QED) is 0.290. The van der Waals surface area contributed by atoms with Gasteiger partial charge in [-0.05, 0) is 18.4 Å². The van der Waals surface area contributed by atoms with E-state index in [4.69, 9.17) is 5.11 Å². The molecule has 3 atom stereocenters. The number of aliphatic hydroxyl groups excluding tert-OH is 1. The van der Waals surface area contributed by atoms with Crippen LogP contribution in [-0.4, -0.2) is 57.2 Å². The number of hydrogen-bond acceptors (Lipinski definition) is 3. The maximum atomic E-state index is 14.7. The Kier molecular flexibility index (Phi) is 9.58. The minimum atomic E-state index is -3.46. The van der Waals surface area contributed by atoms with E-state index >= 15 is 0 Å². The van der Waals surface area contributed by atoms with E-state index in [1.165, 1.54) is 30.3 Å². The number of carboxylic acids is 1. The average Bonchev–Trinajstić information content (AvgIpc) is 3.17. The summed E-state index contributed by atoms with van der Waals surface area (Å²) in [6.07, 6.45) is 3.27. The highest BCUT2D eigenvalue weighted by Gasteiger charge is 2.40. The Morgan fingerprint density at radius 3 is 2.36 bits per heavy atom. The van der Waals surface area contributed by atoms with Gasteiger partial charge in [-0.25, -0.2) is 4.79 Å². The van der Waals surface area contributed by atoms with E-state index in [9.17, 15) is 23.5 Å². The topological polar surface area (TPSA) is 81.1 Å². The number of aliphatic carboxylic acids is 1. The van der Waals surface area contributed by atoms with Gasteiger partial charge in [0.15, 0.2) is 0 Å². The van der Waals surface area contributed by atoms with Crippen LogP contribution in [0.4, 0.5) is 13.6 Å². The number of halogens is 2. The number of hydrogen-bond donors (Lipinski definition) is 2. The molecule has 2 aromatic rings. The van der Waals surface area contributed by atoms with Gasteiger partial charge in [-0.15, -0.1) is 0 Å². The first kappa shape index (κ1) is 27.3. The van der Waals surface area contributed by atoms with Gasteiger partial charge in [-0.2, -0.15) is 8.78 Å². The first-order chi connectivity index (χ1) is 17.2. The van der Waals surface area contributed by atoms with Crippen molar-refractivity contribution in [1.29, 1.82) is 0 Å². The molecule has 6 nitrogen and oxygen atoms in total. The number of aliphatic hydroxyl groups is 1. The number of carbonyl (C=O) groups excluding carboxylic acids is 1. The highest BCUT2D eigenvalue weighted by molar-refractivity contribution is 5.77. The van der Waals surface area contributed by atoms with Crippen molar-refractivity contribution in [2.45, 2.75) is 57.2 Å². The molecular weight excluding hydrogens is 466 g/mol. The van der Waals surface area contributed by atoms with Crippen LogP contribution in [0, 0.1) is 5.92 Å². The van der Waals surface area contributed by atoms with Crippen molar-refractivity contribution < 1.29 is 28.6 Å². The molecule has 0 aliphatic carbocycles. The van der Waals surface area contributed by atoms with Crippen LogP contribution in [0.1, 0.15) is 43.7 Å². The molecule has 8 heteroatoms. The summed E-state index contributed by atoms with van der Waals surface area (Å²) in [5.41, 5.74) is 0.691. The lowest BCUT2D eigenvalue weighted by Crippen LogP contribution is -2.35. The third-order valence-corrected chi connectivity index (χ3v) is 6.54. The molecule has 0 bridgehead atoms. The van der Waals surface area contributed by atoms with Crippen molar-refractivity contribution in [1.82, 2.24) is 9.80 Å². The van der Waals surface area contributed by atoms with Crippen molar-refractivity contribution in [3.8, 4) is 0 Å². The maximum Gasteiger partial charge on any atom is 0.320 e. The van der Waals surface area contributed by atoms with Crippen molar-refractivity contribution in [2.75, 3.05) is 13.1 Å². The Morgan fingerprint density at radius 1 is 1.08 bits per heavy atom. The lowest BCUT2D eigenvalue weighted by atomic mass is 10.0. The molecule has 36 heavy (non-hydrogen) atoms. The molecule has 1 fully saturated rings. The van der Waals surface area contributed by atoms with E-state index < -0.39 is 30.0 Å². The van der Waals surface area contributed by atoms with Crippen LogP contribution in [0.5, 0.6) is 0 Å². The second-order valence-corrected chi connectivity index (χ2v) is 9.32. The lowest BCUT2D eigenvalue weighted by Gasteiger charge is -2.23. The predicted molar refractivity (Wildman–Crippen MR) is 133 cm³/mol. The molecule has 0 saturated carbocycles. The van der Waals surface area contributed by atoms with Crippen molar-refractivity contribution >= 4 is 12.0 Å². The van der Waals surface area contributed by atoms with Gasteiger partial charge in [0, 0.05) is 25.2 Å². The van der Waals surface area contributed by atoms with Gasteiger partial charge in [0.05, 0.1) is 12.0 Å². The number of unbranched alkanes of at least 4 members (excludes halogenated alkanes) is 2. The van der Waals surface area contributed by atoms with Crippen molar-refractivity contribution in [2.24, 2.45) is 5.92 Å². The molecule has 0 radical (unpaired) electrons. The maximum absolute atomic E-state index is 14.7. The van der Waals surface area contributed by atoms with Crippen molar-refractivity contribution in [3.63, 3.8) is 0 Å². The minimum Gasteiger partial charge on any atom is -0.481 e. The Balaban J connectivity index is 1.67. The molecule has 194 valence electrons. The molecule has 1 aliphatic rings. The SMILES string of the molecule is CC(CCCCCN1C(=O)N(Cc2ccccc2)C[C@@H]1/C=C/C(O)C(F)(F)c1ccccc1)C(=O)O. The number of nitrogens with zero attached hydrogens (tertiary/aromatic N) is 2. The molecule has 2 unspecified atom stereocenters. The van der Waals surface area contributed by atoms with Crippen LogP contribution in [0.3, 0.4) is 0 Å². The highest BCUT2D eigenvalue weighted by atomic mass is 19.3. The van der Waals surface area contributed by atoms with E-state index in [0.29, 0.717) is 32.5 Å². The fourth-order valence-electron chi connectivity index (χ4n) is 4.31. The minimum absolute atomic E-state index is 0.184. The normalized spacial score (nSPS) is 18.1. The van der Waals surface area contributed by atoms with E-state index in [1.807, 2.05) is 30.3 Å². The van der Waals surface area contributed by atoms with Gasteiger partial charge >= 0.3 is 17.9 Å². The van der Waals surface area contributed by atoms with Gasteiger partial charge in [0.25, 0.3) is 0 Å². The smallest absolute Gasteiger partial charge is 0.320 e. The van der Waals surface area contributed by atoms with Crippen molar-refractivity contribution in [3.05, 3.63) is 83.9 Å². The molecule has 0 spiro atoms. The zero-order valence-corrected chi connectivity index (χ0v) is 20.5. The average molecular weight is 501 g/mol. The summed E-state index contributed by atoms with van der Waals surface area (Å²) in [7, 11) is 0. The first-order valence-electron chi connectivity index (χ1n) is 12.3. The molecule has 0 aromatic heterocycles. The zero-order chi connectivity index (χ0) is 26.1. The van der Waals surface area contributed by atoms with E-state index in [-0.39, 0.29) is 11.6 Å². The summed E-state index contributed by atoms with van der Waals surface area (Å²) >= 11 is 0. The number of urea groups is 1. The summed E-state index contributed by atoms with van der Waals surface area (Å²) in [4.78, 5) is 27.5. The fourth-order valence-corrected chi connectivity index (χ4v) is 4.31. The van der Waals surface area contributed by atoms with Crippen LogP contribution in [0.25, 0.3) is 0 Å². The summed E-state index contributed by atoms with van der Waals surface area (Å²) in [5, 5.41) is 19.3. The number of carbonyl (C=O) groups is 2. The second kappa shape index (κ2) is 12.6. The Hall–Kier alpha value is -3.26. The summed E-state index contributed by atoms with van der Waals surface area (Å²) < 4.78 is 29.5. The Morgan fingerprint density at radius 2 is 1.72 bits per heavy atom. The van der Waals surface area contributed by atoms with Gasteiger partial charge in [-0.3, -0.25) is 4.79 Å². The molecule has 2 N–H and O–H groups in total. The van der Waals surface area contributed by atoms with Gasteiger partial charge < -0.3 is 20.0 Å². The largest absolute Gasteiger partial charge is 0.481 e. The lowest BCUT2D eigenvalue weighted by molar-refractivity contribution is -0.141. The number of alkyl halides is 2. The third-order valence-electron chi connectivity index (χ3n) is 6.54. The van der Waals surface area contributed by atoms with Crippen LogP contribution in [0.15, 0.2) is 72.8 Å². The summed E-state index contributed by atoms with van der Waals surface area (Å²) in [6.45, 7) is 2.82. The zero-order valence-electron chi connectivity index (χ0n) is 20.5. The van der Waals surface area contributed by atoms with E-state index in [0.717, 1.165) is 24.5 Å².